The van der Waals surface area contributed by atoms with Gasteiger partial charge in [-0.2, -0.15) is 0 Å². The summed E-state index contributed by atoms with van der Waals surface area (Å²) in [4.78, 5) is 22.0. The fourth-order valence-electron chi connectivity index (χ4n) is 1.94. The van der Waals surface area contributed by atoms with Crippen LogP contribution >= 0.6 is 0 Å². The van der Waals surface area contributed by atoms with Gasteiger partial charge < -0.3 is 15.7 Å². The summed E-state index contributed by atoms with van der Waals surface area (Å²) in [5.74, 6) is -0.552. The lowest BCUT2D eigenvalue weighted by atomic mass is 9.98. The molecule has 110 valence electrons. The quantitative estimate of drug-likeness (QED) is 0.716. The fraction of sp³-hybridized carbons (Fsp3) is 0.467. The number of carboxylic acids is 1. The highest BCUT2D eigenvalue weighted by molar-refractivity contribution is 5.75. The highest BCUT2D eigenvalue weighted by Gasteiger charge is 2.11. The number of carbonyl (C=O) groups excluding carboxylic acids is 1. The number of nitrogens with one attached hydrogen (secondary N) is 2. The fourth-order valence-corrected chi connectivity index (χ4v) is 1.94. The lowest BCUT2D eigenvalue weighted by molar-refractivity contribution is -0.137. The van der Waals surface area contributed by atoms with Crippen LogP contribution in [0.3, 0.4) is 0 Å². The number of rotatable bonds is 7. The van der Waals surface area contributed by atoms with Gasteiger partial charge in [0.1, 0.15) is 0 Å². The van der Waals surface area contributed by atoms with Gasteiger partial charge in [-0.25, -0.2) is 4.79 Å². The van der Waals surface area contributed by atoms with Crippen LogP contribution in [0, 0.1) is 0 Å². The van der Waals surface area contributed by atoms with Crippen molar-refractivity contribution in [3.05, 3.63) is 35.9 Å². The Kier molecular flexibility index (Phi) is 6.56. The number of aliphatic carboxylic acids is 1. The van der Waals surface area contributed by atoms with E-state index in [1.54, 1.807) is 6.92 Å². The Labute approximate surface area is 119 Å². The van der Waals surface area contributed by atoms with Crippen molar-refractivity contribution in [1.29, 1.82) is 0 Å². The van der Waals surface area contributed by atoms with Gasteiger partial charge in [0.05, 0.1) is 6.42 Å². The number of carbonyl (C=O) groups is 2. The Hall–Kier alpha value is -2.04. The molecule has 5 heteroatoms. The standard InChI is InChI=1S/C15H22N2O3/c1-11(13-6-4-3-5-7-13)8-9-16-15(20)17-12(2)10-14(18)19/h3-7,11-12H,8-10H2,1-2H3,(H,18,19)(H2,16,17,20). The monoisotopic (exact) mass is 278 g/mol. The number of urea groups is 1. The first-order valence-electron chi connectivity index (χ1n) is 6.80. The molecule has 2 unspecified atom stereocenters. The molecule has 0 aromatic heterocycles. The van der Waals surface area contributed by atoms with Crippen molar-refractivity contribution >= 4 is 12.0 Å². The zero-order chi connectivity index (χ0) is 15.0. The first-order chi connectivity index (χ1) is 9.49. The molecule has 20 heavy (non-hydrogen) atoms. The minimum absolute atomic E-state index is 0.0756. The summed E-state index contributed by atoms with van der Waals surface area (Å²) in [6.07, 6.45) is 0.762. The summed E-state index contributed by atoms with van der Waals surface area (Å²) < 4.78 is 0. The third-order valence-electron chi connectivity index (χ3n) is 3.09. The molecule has 2 amide bonds. The van der Waals surface area contributed by atoms with Gasteiger partial charge in [-0.1, -0.05) is 37.3 Å². The largest absolute Gasteiger partial charge is 0.481 e. The molecule has 0 saturated heterocycles. The second-order valence-corrected chi connectivity index (χ2v) is 5.00. The Bertz CT molecular complexity index is 434. The van der Waals surface area contributed by atoms with Crippen LogP contribution in [0.2, 0.25) is 0 Å². The molecule has 5 nitrogen and oxygen atoms in total. The van der Waals surface area contributed by atoms with E-state index in [0.717, 1.165) is 6.42 Å². The van der Waals surface area contributed by atoms with Crippen LogP contribution in [0.4, 0.5) is 4.79 Å². The van der Waals surface area contributed by atoms with Gasteiger partial charge in [-0.05, 0) is 24.8 Å². The zero-order valence-electron chi connectivity index (χ0n) is 11.9. The molecule has 0 aliphatic heterocycles. The van der Waals surface area contributed by atoms with Crippen LogP contribution in [-0.2, 0) is 4.79 Å². The van der Waals surface area contributed by atoms with Crippen LogP contribution in [0.5, 0.6) is 0 Å². The van der Waals surface area contributed by atoms with E-state index in [1.165, 1.54) is 5.56 Å². The van der Waals surface area contributed by atoms with E-state index in [4.69, 9.17) is 5.11 Å². The summed E-state index contributed by atoms with van der Waals surface area (Å²) >= 11 is 0. The molecule has 1 rings (SSSR count). The minimum atomic E-state index is -0.921. The molecular formula is C15H22N2O3. The van der Waals surface area contributed by atoms with Gasteiger partial charge in [-0.3, -0.25) is 4.79 Å². The van der Waals surface area contributed by atoms with E-state index < -0.39 is 5.97 Å². The molecule has 0 heterocycles. The number of carboxylic acid groups (broad SMARTS) is 1. The normalized spacial score (nSPS) is 13.3. The molecule has 1 aromatic rings. The van der Waals surface area contributed by atoms with Gasteiger partial charge in [0.25, 0.3) is 0 Å². The molecule has 0 aliphatic carbocycles. The number of hydrogen-bond acceptors (Lipinski definition) is 2. The minimum Gasteiger partial charge on any atom is -0.481 e. The summed E-state index contributed by atoms with van der Waals surface area (Å²) in [5, 5.41) is 13.9. The van der Waals surface area contributed by atoms with E-state index >= 15 is 0 Å². The molecule has 2 atom stereocenters. The third kappa shape index (κ3) is 6.22. The molecule has 0 spiro atoms. The molecule has 1 aromatic carbocycles. The van der Waals surface area contributed by atoms with Crippen LogP contribution in [0.1, 0.15) is 38.2 Å². The first-order valence-corrected chi connectivity index (χ1v) is 6.80. The van der Waals surface area contributed by atoms with E-state index in [0.29, 0.717) is 12.5 Å². The Balaban J connectivity index is 2.23. The van der Waals surface area contributed by atoms with Crippen molar-refractivity contribution < 1.29 is 14.7 Å². The maximum atomic E-state index is 11.5. The molecule has 0 bridgehead atoms. The first kappa shape index (κ1) is 16.0. The van der Waals surface area contributed by atoms with Crippen molar-refractivity contribution in [2.45, 2.75) is 38.6 Å². The molecule has 0 fully saturated rings. The van der Waals surface area contributed by atoms with Gasteiger partial charge in [0, 0.05) is 12.6 Å². The van der Waals surface area contributed by atoms with E-state index in [2.05, 4.69) is 29.7 Å². The predicted octanol–water partition coefficient (Wildman–Crippen LogP) is 2.34. The van der Waals surface area contributed by atoms with Gasteiger partial charge in [-0.15, -0.1) is 0 Å². The molecule has 0 radical (unpaired) electrons. The van der Waals surface area contributed by atoms with Crippen molar-refractivity contribution in [3.8, 4) is 0 Å². The maximum absolute atomic E-state index is 11.5. The van der Waals surface area contributed by atoms with E-state index in [-0.39, 0.29) is 18.5 Å². The highest BCUT2D eigenvalue weighted by atomic mass is 16.4. The molecule has 0 saturated carbocycles. The number of amides is 2. The van der Waals surface area contributed by atoms with Crippen LogP contribution in [-0.4, -0.2) is 29.7 Å². The van der Waals surface area contributed by atoms with Crippen molar-refractivity contribution in [2.24, 2.45) is 0 Å². The van der Waals surface area contributed by atoms with E-state index in [1.807, 2.05) is 18.2 Å². The summed E-state index contributed by atoms with van der Waals surface area (Å²) in [6, 6.07) is 9.42. The Morgan fingerprint density at radius 2 is 1.85 bits per heavy atom. The smallest absolute Gasteiger partial charge is 0.315 e. The van der Waals surface area contributed by atoms with Crippen LogP contribution in [0.25, 0.3) is 0 Å². The van der Waals surface area contributed by atoms with Crippen molar-refractivity contribution in [1.82, 2.24) is 10.6 Å². The molecule has 0 aliphatic rings. The summed E-state index contributed by atoms with van der Waals surface area (Å²) in [6.45, 7) is 4.34. The van der Waals surface area contributed by atoms with E-state index in [9.17, 15) is 9.59 Å². The number of hydrogen-bond donors (Lipinski definition) is 3. The van der Waals surface area contributed by atoms with Gasteiger partial charge in [0.15, 0.2) is 0 Å². The van der Waals surface area contributed by atoms with Crippen LogP contribution < -0.4 is 10.6 Å². The number of benzene rings is 1. The third-order valence-corrected chi connectivity index (χ3v) is 3.09. The highest BCUT2D eigenvalue weighted by Crippen LogP contribution is 2.17. The SMILES string of the molecule is CC(CC(=O)O)NC(=O)NCCC(C)c1ccccc1. The summed E-state index contributed by atoms with van der Waals surface area (Å²) in [5.41, 5.74) is 1.24. The lowest BCUT2D eigenvalue weighted by Gasteiger charge is -2.15. The molecule has 3 N–H and O–H groups in total. The Morgan fingerprint density at radius 1 is 1.20 bits per heavy atom. The summed E-state index contributed by atoms with van der Waals surface area (Å²) in [7, 11) is 0. The van der Waals surface area contributed by atoms with Crippen molar-refractivity contribution in [2.75, 3.05) is 6.54 Å². The Morgan fingerprint density at radius 3 is 2.45 bits per heavy atom. The van der Waals surface area contributed by atoms with Crippen LogP contribution in [0.15, 0.2) is 30.3 Å². The topological polar surface area (TPSA) is 78.4 Å². The lowest BCUT2D eigenvalue weighted by Crippen LogP contribution is -2.42. The van der Waals surface area contributed by atoms with Gasteiger partial charge >= 0.3 is 12.0 Å². The van der Waals surface area contributed by atoms with Gasteiger partial charge in [0.2, 0.25) is 0 Å². The van der Waals surface area contributed by atoms with Crippen molar-refractivity contribution in [3.63, 3.8) is 0 Å². The second-order valence-electron chi connectivity index (χ2n) is 5.00. The predicted molar refractivity (Wildman–Crippen MR) is 77.7 cm³/mol. The average Bonchev–Trinajstić information content (AvgIpc) is 2.38. The second kappa shape index (κ2) is 8.19. The maximum Gasteiger partial charge on any atom is 0.315 e. The average molecular weight is 278 g/mol. The zero-order valence-corrected chi connectivity index (χ0v) is 11.9. The molecular weight excluding hydrogens is 256 g/mol.